The number of aliphatic hydroxyl groups excluding tert-OH is 1. The van der Waals surface area contributed by atoms with Crippen molar-refractivity contribution in [3.05, 3.63) is 11.8 Å². The molecule has 1 aliphatic carbocycles. The zero-order valence-corrected chi connectivity index (χ0v) is 11.9. The molecule has 3 N–H and O–H groups in total. The Morgan fingerprint density at radius 2 is 2.15 bits per heavy atom. The molecule has 1 saturated carbocycles. The quantitative estimate of drug-likeness (QED) is 0.697. The number of allylic oxidation sites excluding steroid dienone is 1. The Bertz CT molecular complexity index is 350. The number of hydrogen-bond acceptors (Lipinski definition) is 4. The summed E-state index contributed by atoms with van der Waals surface area (Å²) in [6, 6.07) is 0. The van der Waals surface area contributed by atoms with Gasteiger partial charge < -0.3 is 20.3 Å². The van der Waals surface area contributed by atoms with Crippen molar-refractivity contribution in [1.82, 2.24) is 0 Å². The molecule has 20 heavy (non-hydrogen) atoms. The average molecular weight is 283 g/mol. The van der Waals surface area contributed by atoms with Crippen LogP contribution in [-0.4, -0.2) is 30.5 Å². The van der Waals surface area contributed by atoms with E-state index in [9.17, 15) is 4.79 Å². The van der Waals surface area contributed by atoms with Crippen LogP contribution in [0.25, 0.3) is 0 Å². The second-order valence-corrected chi connectivity index (χ2v) is 5.69. The van der Waals surface area contributed by atoms with Crippen LogP contribution < -0.4 is 5.73 Å². The molecule has 0 spiro atoms. The van der Waals surface area contributed by atoms with Crippen LogP contribution in [0, 0.1) is 11.8 Å². The molecule has 0 aromatic rings. The Labute approximate surface area is 120 Å². The highest BCUT2D eigenvalue weighted by Gasteiger charge is 2.32. The van der Waals surface area contributed by atoms with Crippen molar-refractivity contribution in [2.45, 2.75) is 51.2 Å². The lowest BCUT2D eigenvalue weighted by Gasteiger charge is -2.31. The van der Waals surface area contributed by atoms with Crippen molar-refractivity contribution in [1.29, 1.82) is 0 Å². The van der Waals surface area contributed by atoms with Crippen molar-refractivity contribution >= 4 is 5.91 Å². The number of nitrogens with two attached hydrogens (primary N) is 1. The number of unbranched alkanes of at least 4 members (excludes halogenated alkanes) is 1. The smallest absolute Gasteiger partial charge is 0.283 e. The number of carbonyl (C=O) groups is 1. The van der Waals surface area contributed by atoms with Gasteiger partial charge in [-0.3, -0.25) is 4.79 Å². The van der Waals surface area contributed by atoms with Crippen LogP contribution in [0.1, 0.15) is 44.9 Å². The molecule has 2 aliphatic rings. The van der Waals surface area contributed by atoms with E-state index in [0.717, 1.165) is 19.3 Å². The first-order chi connectivity index (χ1) is 9.70. The molecule has 1 amide bonds. The van der Waals surface area contributed by atoms with Crippen molar-refractivity contribution in [2.24, 2.45) is 17.6 Å². The fourth-order valence-corrected chi connectivity index (χ4v) is 3.10. The summed E-state index contributed by atoms with van der Waals surface area (Å²) in [6.07, 6.45) is 8.78. The van der Waals surface area contributed by atoms with Crippen LogP contribution in [0.4, 0.5) is 0 Å². The van der Waals surface area contributed by atoms with E-state index in [0.29, 0.717) is 18.4 Å². The van der Waals surface area contributed by atoms with Gasteiger partial charge in [0.25, 0.3) is 5.91 Å². The Hall–Kier alpha value is -1.07. The molecule has 2 atom stereocenters. The monoisotopic (exact) mass is 283 g/mol. The molecule has 1 fully saturated rings. The lowest BCUT2D eigenvalue weighted by Crippen LogP contribution is -2.32. The molecule has 1 heterocycles. The zero-order chi connectivity index (χ0) is 14.4. The summed E-state index contributed by atoms with van der Waals surface area (Å²) >= 11 is 0. The first-order valence-electron chi connectivity index (χ1n) is 7.61. The number of aliphatic hydroxyl groups is 1. The molecule has 2 rings (SSSR count). The highest BCUT2D eigenvalue weighted by atomic mass is 16.7. The highest BCUT2D eigenvalue weighted by Crippen LogP contribution is 2.38. The van der Waals surface area contributed by atoms with E-state index in [2.05, 4.69) is 0 Å². The van der Waals surface area contributed by atoms with E-state index in [1.165, 1.54) is 25.7 Å². The molecular weight excluding hydrogens is 258 g/mol. The largest absolute Gasteiger partial charge is 0.459 e. The second kappa shape index (κ2) is 7.64. The summed E-state index contributed by atoms with van der Waals surface area (Å²) in [4.78, 5) is 11.4. The van der Waals surface area contributed by atoms with E-state index in [1.807, 2.05) is 6.08 Å². The number of amides is 1. The van der Waals surface area contributed by atoms with E-state index >= 15 is 0 Å². The summed E-state index contributed by atoms with van der Waals surface area (Å²) in [5.74, 6) is 0.686. The fourth-order valence-electron chi connectivity index (χ4n) is 3.10. The molecule has 1 aliphatic heterocycles. The molecule has 5 heteroatoms. The number of primary amides is 1. The summed E-state index contributed by atoms with van der Waals surface area (Å²) in [7, 11) is 0. The van der Waals surface area contributed by atoms with Gasteiger partial charge in [0.15, 0.2) is 5.76 Å². The van der Waals surface area contributed by atoms with Crippen LogP contribution in [0.3, 0.4) is 0 Å². The minimum absolute atomic E-state index is 0.173. The van der Waals surface area contributed by atoms with Gasteiger partial charge in [0.05, 0.1) is 6.61 Å². The Morgan fingerprint density at radius 3 is 2.80 bits per heavy atom. The summed E-state index contributed by atoms with van der Waals surface area (Å²) < 4.78 is 11.2. The molecule has 0 unspecified atom stereocenters. The summed E-state index contributed by atoms with van der Waals surface area (Å²) in [6.45, 7) is 0.709. The summed E-state index contributed by atoms with van der Waals surface area (Å²) in [5, 5.41) is 8.75. The van der Waals surface area contributed by atoms with Gasteiger partial charge in [0, 0.05) is 13.0 Å². The van der Waals surface area contributed by atoms with Gasteiger partial charge in [0.1, 0.15) is 0 Å². The van der Waals surface area contributed by atoms with Gasteiger partial charge in [-0.15, -0.1) is 0 Å². The third-order valence-electron chi connectivity index (χ3n) is 4.19. The topological polar surface area (TPSA) is 81.8 Å². The first kappa shape index (κ1) is 15.3. The SMILES string of the molecule is NC(=O)C1=C[C@@H](C2CCCC2)C[C@@H](OCCCCO)O1. The number of hydrogen-bond donors (Lipinski definition) is 2. The standard InChI is InChI=1S/C15H25NO4/c16-15(18)13-9-12(11-5-1-2-6-11)10-14(20-13)19-8-4-3-7-17/h9,11-12,14,17H,1-8,10H2,(H2,16,18)/t12-,14+/m1/s1. The minimum Gasteiger partial charge on any atom is -0.459 e. The molecule has 0 aromatic heterocycles. The van der Waals surface area contributed by atoms with Gasteiger partial charge in [0.2, 0.25) is 6.29 Å². The van der Waals surface area contributed by atoms with Crippen LogP contribution in [0.2, 0.25) is 0 Å². The molecule has 0 radical (unpaired) electrons. The zero-order valence-electron chi connectivity index (χ0n) is 11.9. The van der Waals surface area contributed by atoms with Gasteiger partial charge in [-0.25, -0.2) is 0 Å². The van der Waals surface area contributed by atoms with Gasteiger partial charge in [-0.1, -0.05) is 12.8 Å². The van der Waals surface area contributed by atoms with Crippen molar-refractivity contribution in [2.75, 3.05) is 13.2 Å². The molecule has 0 saturated heterocycles. The highest BCUT2D eigenvalue weighted by molar-refractivity contribution is 5.90. The van der Waals surface area contributed by atoms with Crippen LogP contribution in [0.15, 0.2) is 11.8 Å². The van der Waals surface area contributed by atoms with Crippen LogP contribution >= 0.6 is 0 Å². The lowest BCUT2D eigenvalue weighted by atomic mass is 9.86. The van der Waals surface area contributed by atoms with Crippen molar-refractivity contribution in [3.63, 3.8) is 0 Å². The lowest BCUT2D eigenvalue weighted by molar-refractivity contribution is -0.149. The van der Waals surface area contributed by atoms with Gasteiger partial charge in [-0.05, 0) is 43.6 Å². The van der Waals surface area contributed by atoms with E-state index in [1.54, 1.807) is 0 Å². The van der Waals surface area contributed by atoms with Gasteiger partial charge >= 0.3 is 0 Å². The predicted octanol–water partition coefficient (Wildman–Crippen LogP) is 1.70. The van der Waals surface area contributed by atoms with Crippen LogP contribution in [0.5, 0.6) is 0 Å². The summed E-state index contributed by atoms with van der Waals surface area (Å²) in [5.41, 5.74) is 5.35. The van der Waals surface area contributed by atoms with Crippen LogP contribution in [-0.2, 0) is 14.3 Å². The second-order valence-electron chi connectivity index (χ2n) is 5.69. The maximum absolute atomic E-state index is 11.4. The van der Waals surface area contributed by atoms with E-state index < -0.39 is 5.91 Å². The third kappa shape index (κ3) is 4.21. The molecular formula is C15H25NO4. The number of rotatable bonds is 7. The Balaban J connectivity index is 1.91. The fraction of sp³-hybridized carbons (Fsp3) is 0.800. The third-order valence-corrected chi connectivity index (χ3v) is 4.19. The molecule has 5 nitrogen and oxygen atoms in total. The Kier molecular flexibility index (Phi) is 5.86. The maximum Gasteiger partial charge on any atom is 0.283 e. The van der Waals surface area contributed by atoms with Crippen molar-refractivity contribution < 1.29 is 19.4 Å². The molecule has 0 aromatic carbocycles. The normalized spacial score (nSPS) is 27.1. The van der Waals surface area contributed by atoms with Gasteiger partial charge in [-0.2, -0.15) is 0 Å². The average Bonchev–Trinajstić information content (AvgIpc) is 2.97. The number of ether oxygens (including phenoxy) is 2. The molecule has 0 bridgehead atoms. The minimum atomic E-state index is -0.517. The van der Waals surface area contributed by atoms with Crippen molar-refractivity contribution in [3.8, 4) is 0 Å². The van der Waals surface area contributed by atoms with E-state index in [4.69, 9.17) is 20.3 Å². The first-order valence-corrected chi connectivity index (χ1v) is 7.61. The Morgan fingerprint density at radius 1 is 1.40 bits per heavy atom. The molecule has 114 valence electrons. The predicted molar refractivity (Wildman–Crippen MR) is 74.5 cm³/mol. The maximum atomic E-state index is 11.4. The van der Waals surface area contributed by atoms with E-state index in [-0.39, 0.29) is 18.7 Å². The number of carbonyl (C=O) groups excluding carboxylic acids is 1.